The van der Waals surface area contributed by atoms with Crippen LogP contribution in [0.2, 0.25) is 0 Å². The molecule has 0 amide bonds. The van der Waals surface area contributed by atoms with Gasteiger partial charge >= 0.3 is 0 Å². The van der Waals surface area contributed by atoms with E-state index >= 15 is 0 Å². The van der Waals surface area contributed by atoms with Gasteiger partial charge in [0.15, 0.2) is 5.82 Å². The largest absolute Gasteiger partial charge is 0.331 e. The predicted molar refractivity (Wildman–Crippen MR) is 65.3 cm³/mol. The Morgan fingerprint density at radius 3 is 2.76 bits per heavy atom. The first-order valence-corrected chi connectivity index (χ1v) is 5.99. The number of aromatic nitrogens is 2. The van der Waals surface area contributed by atoms with Gasteiger partial charge in [-0.1, -0.05) is 12.5 Å². The number of hydrogen-bond acceptors (Lipinski definition) is 2. The standard InChI is InChI=1S/C13H16FN3/c1-17-10-5-2-4-9(14)11(10)16-12(17)13(8-15)6-3-7-13/h2,4-5H,3,6-8,15H2,1H3. The molecule has 0 saturated heterocycles. The molecule has 1 aromatic heterocycles. The highest BCUT2D eigenvalue weighted by atomic mass is 19.1. The molecule has 17 heavy (non-hydrogen) atoms. The van der Waals surface area contributed by atoms with Crippen LogP contribution in [0.5, 0.6) is 0 Å². The molecule has 0 unspecified atom stereocenters. The van der Waals surface area contributed by atoms with Crippen molar-refractivity contribution in [2.24, 2.45) is 12.8 Å². The Balaban J connectivity index is 2.24. The fraction of sp³-hybridized carbons (Fsp3) is 0.462. The Morgan fingerprint density at radius 2 is 2.24 bits per heavy atom. The van der Waals surface area contributed by atoms with Gasteiger partial charge in [-0.25, -0.2) is 9.37 Å². The molecule has 1 saturated carbocycles. The van der Waals surface area contributed by atoms with Gasteiger partial charge in [-0.05, 0) is 25.0 Å². The summed E-state index contributed by atoms with van der Waals surface area (Å²) in [6.45, 7) is 0.589. The highest BCUT2D eigenvalue weighted by Crippen LogP contribution is 2.43. The van der Waals surface area contributed by atoms with E-state index < -0.39 is 0 Å². The molecule has 2 N–H and O–H groups in total. The second-order valence-corrected chi connectivity index (χ2v) is 4.94. The summed E-state index contributed by atoms with van der Waals surface area (Å²) in [4.78, 5) is 4.48. The summed E-state index contributed by atoms with van der Waals surface area (Å²) in [5, 5.41) is 0. The molecule has 90 valence electrons. The number of benzene rings is 1. The van der Waals surface area contributed by atoms with Crippen LogP contribution in [0.15, 0.2) is 18.2 Å². The summed E-state index contributed by atoms with van der Waals surface area (Å²) < 4.78 is 15.7. The van der Waals surface area contributed by atoms with E-state index in [1.807, 2.05) is 17.7 Å². The molecule has 4 heteroatoms. The van der Waals surface area contributed by atoms with Crippen molar-refractivity contribution in [3.05, 3.63) is 29.8 Å². The third-order valence-corrected chi connectivity index (χ3v) is 4.04. The van der Waals surface area contributed by atoms with Gasteiger partial charge in [-0.2, -0.15) is 0 Å². The van der Waals surface area contributed by atoms with Crippen LogP contribution in [-0.4, -0.2) is 16.1 Å². The van der Waals surface area contributed by atoms with Crippen LogP contribution in [0.3, 0.4) is 0 Å². The highest BCUT2D eigenvalue weighted by Gasteiger charge is 2.41. The molecule has 0 radical (unpaired) electrons. The van der Waals surface area contributed by atoms with Gasteiger partial charge < -0.3 is 10.3 Å². The molecule has 1 aliphatic carbocycles. The van der Waals surface area contributed by atoms with E-state index in [0.717, 1.165) is 24.2 Å². The van der Waals surface area contributed by atoms with Crippen molar-refractivity contribution in [3.63, 3.8) is 0 Å². The Bertz CT molecular complexity index is 564. The number of nitrogens with two attached hydrogens (primary N) is 1. The average Bonchev–Trinajstić information content (AvgIpc) is 2.59. The topological polar surface area (TPSA) is 43.8 Å². The zero-order chi connectivity index (χ0) is 12.0. The van der Waals surface area contributed by atoms with E-state index in [4.69, 9.17) is 5.73 Å². The number of rotatable bonds is 2. The molecular weight excluding hydrogens is 217 g/mol. The van der Waals surface area contributed by atoms with E-state index in [9.17, 15) is 4.39 Å². The van der Waals surface area contributed by atoms with Gasteiger partial charge in [-0.3, -0.25) is 0 Å². The van der Waals surface area contributed by atoms with Crippen LogP contribution < -0.4 is 5.73 Å². The van der Waals surface area contributed by atoms with Crippen LogP contribution in [0, 0.1) is 5.82 Å². The van der Waals surface area contributed by atoms with Crippen LogP contribution in [0.4, 0.5) is 4.39 Å². The fourth-order valence-electron chi connectivity index (χ4n) is 2.78. The second kappa shape index (κ2) is 3.53. The highest BCUT2D eigenvalue weighted by molar-refractivity contribution is 5.76. The first-order chi connectivity index (χ1) is 8.18. The Morgan fingerprint density at radius 1 is 1.47 bits per heavy atom. The van der Waals surface area contributed by atoms with E-state index in [0.29, 0.717) is 12.1 Å². The van der Waals surface area contributed by atoms with E-state index in [1.165, 1.54) is 12.5 Å². The normalized spacial score (nSPS) is 18.3. The number of hydrogen-bond donors (Lipinski definition) is 1. The lowest BCUT2D eigenvalue weighted by atomic mass is 9.68. The Labute approximate surface area is 99.4 Å². The molecule has 0 atom stereocenters. The number of aryl methyl sites for hydroxylation is 1. The molecule has 1 aliphatic rings. The minimum Gasteiger partial charge on any atom is -0.331 e. The maximum atomic E-state index is 13.7. The summed E-state index contributed by atoms with van der Waals surface area (Å²) in [5.41, 5.74) is 7.16. The van der Waals surface area contributed by atoms with Gasteiger partial charge in [0.05, 0.1) is 5.52 Å². The molecule has 2 aromatic rings. The summed E-state index contributed by atoms with van der Waals surface area (Å²) in [5.74, 6) is 0.683. The van der Waals surface area contributed by atoms with Crippen molar-refractivity contribution in [1.29, 1.82) is 0 Å². The maximum absolute atomic E-state index is 13.7. The SMILES string of the molecule is Cn1c(C2(CN)CCC2)nc2c(F)cccc21. The predicted octanol–water partition coefficient (Wildman–Crippen LogP) is 2.09. The van der Waals surface area contributed by atoms with Gasteiger partial charge in [0, 0.05) is 19.0 Å². The van der Waals surface area contributed by atoms with Gasteiger partial charge in [0.2, 0.25) is 0 Å². The lowest BCUT2D eigenvalue weighted by molar-refractivity contribution is 0.233. The lowest BCUT2D eigenvalue weighted by Crippen LogP contribution is -2.43. The molecule has 3 rings (SSSR count). The lowest BCUT2D eigenvalue weighted by Gasteiger charge is -2.40. The van der Waals surface area contributed by atoms with Gasteiger partial charge in [0.1, 0.15) is 11.3 Å². The first-order valence-electron chi connectivity index (χ1n) is 5.99. The Hall–Kier alpha value is -1.42. The molecule has 1 aromatic carbocycles. The minimum atomic E-state index is -0.254. The molecule has 1 heterocycles. The van der Waals surface area contributed by atoms with Crippen LogP contribution >= 0.6 is 0 Å². The van der Waals surface area contributed by atoms with E-state index in [-0.39, 0.29) is 11.2 Å². The van der Waals surface area contributed by atoms with Gasteiger partial charge in [0.25, 0.3) is 0 Å². The monoisotopic (exact) mass is 233 g/mol. The molecule has 0 aliphatic heterocycles. The van der Waals surface area contributed by atoms with Gasteiger partial charge in [-0.15, -0.1) is 0 Å². The summed E-state index contributed by atoms with van der Waals surface area (Å²) >= 11 is 0. The zero-order valence-corrected chi connectivity index (χ0v) is 9.91. The summed E-state index contributed by atoms with van der Waals surface area (Å²) in [6, 6.07) is 5.08. The number of fused-ring (bicyclic) bond motifs is 1. The van der Waals surface area contributed by atoms with E-state index in [2.05, 4.69) is 4.98 Å². The average molecular weight is 233 g/mol. The van der Waals surface area contributed by atoms with Crippen LogP contribution in [0.1, 0.15) is 25.1 Å². The minimum absolute atomic E-state index is 0.0276. The molecule has 1 fully saturated rings. The van der Waals surface area contributed by atoms with Crippen molar-refractivity contribution in [2.45, 2.75) is 24.7 Å². The summed E-state index contributed by atoms with van der Waals surface area (Å²) in [6.07, 6.45) is 3.30. The number of imidazole rings is 1. The number of nitrogens with zero attached hydrogens (tertiary/aromatic N) is 2. The molecular formula is C13H16FN3. The molecule has 0 bridgehead atoms. The first kappa shape index (κ1) is 10.7. The molecule has 3 nitrogen and oxygen atoms in total. The van der Waals surface area contributed by atoms with Crippen molar-refractivity contribution < 1.29 is 4.39 Å². The van der Waals surface area contributed by atoms with Crippen molar-refractivity contribution in [2.75, 3.05) is 6.54 Å². The number of halogens is 1. The smallest absolute Gasteiger partial charge is 0.151 e. The third kappa shape index (κ3) is 1.33. The quantitative estimate of drug-likeness (QED) is 0.863. The summed E-state index contributed by atoms with van der Waals surface area (Å²) in [7, 11) is 1.94. The zero-order valence-electron chi connectivity index (χ0n) is 9.91. The second-order valence-electron chi connectivity index (χ2n) is 4.94. The van der Waals surface area contributed by atoms with E-state index in [1.54, 1.807) is 6.07 Å². The maximum Gasteiger partial charge on any atom is 0.151 e. The Kier molecular flexibility index (Phi) is 2.23. The third-order valence-electron chi connectivity index (χ3n) is 4.04. The van der Waals surface area contributed by atoms with Crippen molar-refractivity contribution in [1.82, 2.24) is 9.55 Å². The van der Waals surface area contributed by atoms with Crippen LogP contribution in [-0.2, 0) is 12.5 Å². The van der Waals surface area contributed by atoms with Crippen molar-refractivity contribution >= 4 is 11.0 Å². The molecule has 0 spiro atoms. The van der Waals surface area contributed by atoms with Crippen molar-refractivity contribution in [3.8, 4) is 0 Å². The fourth-order valence-corrected chi connectivity index (χ4v) is 2.78. The number of para-hydroxylation sites is 1. The van der Waals surface area contributed by atoms with Crippen LogP contribution in [0.25, 0.3) is 11.0 Å².